The number of benzene rings is 1. The lowest BCUT2D eigenvalue weighted by Crippen LogP contribution is -2.03. The van der Waals surface area contributed by atoms with E-state index >= 15 is 0 Å². The van der Waals surface area contributed by atoms with E-state index in [1.807, 2.05) is 36.4 Å². The van der Waals surface area contributed by atoms with Crippen LogP contribution in [-0.4, -0.2) is 34.1 Å². The maximum absolute atomic E-state index is 5.08. The van der Waals surface area contributed by atoms with Crippen molar-refractivity contribution in [1.29, 1.82) is 0 Å². The summed E-state index contributed by atoms with van der Waals surface area (Å²) in [7, 11) is 3.26. The highest BCUT2D eigenvalue weighted by atomic mass is 16.5. The lowest BCUT2D eigenvalue weighted by Gasteiger charge is -2.06. The summed E-state index contributed by atoms with van der Waals surface area (Å²) in [4.78, 5) is 17.2. The number of hydrogen-bond acceptors (Lipinski definition) is 6. The van der Waals surface area contributed by atoms with Gasteiger partial charge >= 0.3 is 6.01 Å². The third kappa shape index (κ3) is 2.23. The molecule has 0 saturated carbocycles. The number of nitrogens with zero attached hydrogens (tertiary/aromatic N) is 4. The maximum atomic E-state index is 5.08. The third-order valence-corrected chi connectivity index (χ3v) is 2.85. The minimum absolute atomic E-state index is 0.259. The van der Waals surface area contributed by atoms with Gasteiger partial charge in [-0.05, 0) is 12.1 Å². The summed E-state index contributed by atoms with van der Waals surface area (Å²) < 4.78 is 5.08. The van der Waals surface area contributed by atoms with E-state index < -0.39 is 0 Å². The first-order chi connectivity index (χ1) is 9.80. The van der Waals surface area contributed by atoms with Crippen LogP contribution in [0.2, 0.25) is 0 Å². The number of ether oxygens (including phenoxy) is 1. The summed E-state index contributed by atoms with van der Waals surface area (Å²) >= 11 is 0. The zero-order valence-electron chi connectivity index (χ0n) is 11.2. The quantitative estimate of drug-likeness (QED) is 0.783. The molecule has 0 bridgehead atoms. The molecule has 0 radical (unpaired) electrons. The fourth-order valence-corrected chi connectivity index (χ4v) is 1.86. The summed E-state index contributed by atoms with van der Waals surface area (Å²) in [6, 6.07) is 12.0. The van der Waals surface area contributed by atoms with E-state index in [2.05, 4.69) is 25.3 Å². The fourth-order valence-electron chi connectivity index (χ4n) is 1.86. The molecule has 2 heterocycles. The summed E-state index contributed by atoms with van der Waals surface area (Å²) in [6.07, 6.45) is 0. The molecule has 0 aliphatic heterocycles. The zero-order chi connectivity index (χ0) is 13.9. The fraction of sp³-hybridized carbons (Fsp3) is 0.143. The van der Waals surface area contributed by atoms with E-state index in [1.54, 1.807) is 7.05 Å². The number of pyridine rings is 1. The van der Waals surface area contributed by atoms with Gasteiger partial charge in [0.15, 0.2) is 5.82 Å². The van der Waals surface area contributed by atoms with Crippen LogP contribution >= 0.6 is 0 Å². The molecule has 0 atom stereocenters. The number of rotatable bonds is 3. The van der Waals surface area contributed by atoms with Crippen molar-refractivity contribution in [2.45, 2.75) is 0 Å². The molecular formula is C14H13N5O. The highest BCUT2D eigenvalue weighted by molar-refractivity contribution is 5.80. The topological polar surface area (TPSA) is 72.8 Å². The number of para-hydroxylation sites is 1. The standard InChI is InChI=1S/C14H13N5O/c1-15-13-17-12(18-14(19-13)20-2)11-8-7-9-5-3-4-6-10(9)16-11/h3-8H,1-2H3,(H,15,17,18,19). The second-order valence-corrected chi connectivity index (χ2v) is 4.11. The number of methoxy groups -OCH3 is 1. The Balaban J connectivity index is 2.14. The van der Waals surface area contributed by atoms with Gasteiger partial charge in [-0.25, -0.2) is 4.98 Å². The normalized spacial score (nSPS) is 10.5. The van der Waals surface area contributed by atoms with Gasteiger partial charge in [-0.3, -0.25) is 0 Å². The molecule has 6 heteroatoms. The van der Waals surface area contributed by atoms with Gasteiger partial charge in [0.1, 0.15) is 5.69 Å². The molecule has 3 aromatic rings. The van der Waals surface area contributed by atoms with E-state index in [9.17, 15) is 0 Å². The van der Waals surface area contributed by atoms with Crippen molar-refractivity contribution in [2.75, 3.05) is 19.5 Å². The monoisotopic (exact) mass is 267 g/mol. The molecule has 100 valence electrons. The molecule has 0 aliphatic rings. The molecule has 1 N–H and O–H groups in total. The lowest BCUT2D eigenvalue weighted by atomic mass is 10.2. The van der Waals surface area contributed by atoms with Crippen LogP contribution in [0.5, 0.6) is 6.01 Å². The minimum Gasteiger partial charge on any atom is -0.467 e. The SMILES string of the molecule is CNc1nc(OC)nc(-c2ccc3ccccc3n2)n1. The van der Waals surface area contributed by atoms with Crippen LogP contribution in [0.3, 0.4) is 0 Å². The predicted molar refractivity (Wildman–Crippen MR) is 76.7 cm³/mol. The average molecular weight is 267 g/mol. The summed E-state index contributed by atoms with van der Waals surface area (Å²) in [5, 5.41) is 3.95. The first-order valence-electron chi connectivity index (χ1n) is 6.14. The largest absolute Gasteiger partial charge is 0.467 e. The number of hydrogen-bond donors (Lipinski definition) is 1. The van der Waals surface area contributed by atoms with Crippen molar-refractivity contribution >= 4 is 16.9 Å². The first-order valence-corrected chi connectivity index (χ1v) is 6.14. The highest BCUT2D eigenvalue weighted by Gasteiger charge is 2.09. The van der Waals surface area contributed by atoms with Gasteiger partial charge in [0.05, 0.1) is 12.6 Å². The molecule has 0 amide bonds. The number of aromatic nitrogens is 4. The van der Waals surface area contributed by atoms with Gasteiger partial charge in [-0.2, -0.15) is 15.0 Å². The number of fused-ring (bicyclic) bond motifs is 1. The van der Waals surface area contributed by atoms with Crippen LogP contribution in [0, 0.1) is 0 Å². The first kappa shape index (κ1) is 12.3. The van der Waals surface area contributed by atoms with Crippen LogP contribution < -0.4 is 10.1 Å². The smallest absolute Gasteiger partial charge is 0.321 e. The average Bonchev–Trinajstić information content (AvgIpc) is 2.53. The Kier molecular flexibility index (Phi) is 3.12. The maximum Gasteiger partial charge on any atom is 0.321 e. The Morgan fingerprint density at radius 1 is 0.950 bits per heavy atom. The van der Waals surface area contributed by atoms with Gasteiger partial charge in [-0.15, -0.1) is 0 Å². The van der Waals surface area contributed by atoms with E-state index in [4.69, 9.17) is 4.74 Å². The molecule has 6 nitrogen and oxygen atoms in total. The molecule has 20 heavy (non-hydrogen) atoms. The highest BCUT2D eigenvalue weighted by Crippen LogP contribution is 2.20. The van der Waals surface area contributed by atoms with E-state index in [-0.39, 0.29) is 6.01 Å². The molecule has 2 aromatic heterocycles. The summed E-state index contributed by atoms with van der Waals surface area (Å²) in [5.74, 6) is 0.925. The van der Waals surface area contributed by atoms with Crippen molar-refractivity contribution < 1.29 is 4.74 Å². The zero-order valence-corrected chi connectivity index (χ0v) is 11.2. The van der Waals surface area contributed by atoms with Crippen LogP contribution in [0.4, 0.5) is 5.95 Å². The predicted octanol–water partition coefficient (Wildman–Crippen LogP) is 2.14. The Morgan fingerprint density at radius 3 is 2.60 bits per heavy atom. The molecule has 1 aromatic carbocycles. The van der Waals surface area contributed by atoms with Gasteiger partial charge < -0.3 is 10.1 Å². The number of anilines is 1. The Bertz CT molecular complexity index is 737. The summed E-state index contributed by atoms with van der Waals surface area (Å²) in [6.45, 7) is 0. The Morgan fingerprint density at radius 2 is 1.80 bits per heavy atom. The molecule has 0 fully saturated rings. The molecular weight excluding hydrogens is 254 g/mol. The second-order valence-electron chi connectivity index (χ2n) is 4.11. The van der Waals surface area contributed by atoms with Gasteiger partial charge in [-0.1, -0.05) is 24.3 Å². The Labute approximate surface area is 115 Å². The van der Waals surface area contributed by atoms with Crippen LogP contribution in [0.1, 0.15) is 0 Å². The van der Waals surface area contributed by atoms with Crippen LogP contribution in [0.25, 0.3) is 22.4 Å². The van der Waals surface area contributed by atoms with Crippen molar-refractivity contribution in [2.24, 2.45) is 0 Å². The van der Waals surface area contributed by atoms with Crippen molar-refractivity contribution in [1.82, 2.24) is 19.9 Å². The van der Waals surface area contributed by atoms with Crippen molar-refractivity contribution in [3.05, 3.63) is 36.4 Å². The summed E-state index contributed by atoms with van der Waals surface area (Å²) in [5.41, 5.74) is 1.58. The number of nitrogens with one attached hydrogen (secondary N) is 1. The third-order valence-electron chi connectivity index (χ3n) is 2.85. The molecule has 0 spiro atoms. The molecule has 3 rings (SSSR count). The van der Waals surface area contributed by atoms with Gasteiger partial charge in [0, 0.05) is 12.4 Å². The Hall–Kier alpha value is -2.76. The van der Waals surface area contributed by atoms with E-state index in [0.29, 0.717) is 17.5 Å². The van der Waals surface area contributed by atoms with Crippen molar-refractivity contribution in [3.8, 4) is 17.5 Å². The van der Waals surface area contributed by atoms with E-state index in [1.165, 1.54) is 7.11 Å². The molecule has 0 unspecified atom stereocenters. The molecule has 0 saturated heterocycles. The van der Waals surface area contributed by atoms with Gasteiger partial charge in [0.2, 0.25) is 5.95 Å². The second kappa shape index (κ2) is 5.08. The van der Waals surface area contributed by atoms with Crippen LogP contribution in [0.15, 0.2) is 36.4 Å². The van der Waals surface area contributed by atoms with E-state index in [0.717, 1.165) is 10.9 Å². The lowest BCUT2D eigenvalue weighted by molar-refractivity contribution is 0.379. The minimum atomic E-state index is 0.259. The van der Waals surface area contributed by atoms with Gasteiger partial charge in [0.25, 0.3) is 0 Å². The van der Waals surface area contributed by atoms with Crippen molar-refractivity contribution in [3.63, 3.8) is 0 Å². The molecule has 0 aliphatic carbocycles. The van der Waals surface area contributed by atoms with Crippen LogP contribution in [-0.2, 0) is 0 Å².